The third-order valence-electron chi connectivity index (χ3n) is 1.58. The first-order valence-electron chi connectivity index (χ1n) is 4.06. The van der Waals surface area contributed by atoms with Crippen molar-refractivity contribution in [2.75, 3.05) is 5.75 Å². The highest BCUT2D eigenvalue weighted by atomic mass is 35.5. The molecule has 0 saturated carbocycles. The minimum Gasteiger partial charge on any atom is -0.598 e. The summed E-state index contributed by atoms with van der Waals surface area (Å²) in [6, 6.07) is 1.37. The molecule has 1 aromatic rings. The maximum atomic E-state index is 13.2. The molecule has 0 saturated heterocycles. The standard InChI is InChI=1S/C8H10ClFN2OS/c1-2-14(13)12-5-7-8(10)6(9)3-4-11-7/h3-4,12H,2,5H2,1H3/t14-/m1/s1. The molecule has 0 aliphatic heterocycles. The maximum absolute atomic E-state index is 13.2. The monoisotopic (exact) mass is 236 g/mol. The normalized spacial score (nSPS) is 12.9. The van der Waals surface area contributed by atoms with Gasteiger partial charge in [0.25, 0.3) is 0 Å². The molecule has 0 aromatic carbocycles. The van der Waals surface area contributed by atoms with Gasteiger partial charge in [-0.2, -0.15) is 0 Å². The third-order valence-corrected chi connectivity index (χ3v) is 2.86. The molecule has 0 unspecified atom stereocenters. The third kappa shape index (κ3) is 3.09. The molecule has 6 heteroatoms. The Morgan fingerprint density at radius 3 is 3.07 bits per heavy atom. The zero-order valence-corrected chi connectivity index (χ0v) is 9.16. The average Bonchev–Trinajstić information content (AvgIpc) is 2.20. The van der Waals surface area contributed by atoms with Gasteiger partial charge < -0.3 is 4.55 Å². The van der Waals surface area contributed by atoms with Gasteiger partial charge >= 0.3 is 0 Å². The van der Waals surface area contributed by atoms with Crippen LogP contribution in [0.15, 0.2) is 12.3 Å². The van der Waals surface area contributed by atoms with E-state index in [-0.39, 0.29) is 17.3 Å². The fraction of sp³-hybridized carbons (Fsp3) is 0.375. The van der Waals surface area contributed by atoms with E-state index in [9.17, 15) is 8.94 Å². The second-order valence-corrected chi connectivity index (χ2v) is 4.47. The predicted molar refractivity (Wildman–Crippen MR) is 54.7 cm³/mol. The first-order chi connectivity index (χ1) is 6.65. The molecule has 1 atom stereocenters. The fourth-order valence-electron chi connectivity index (χ4n) is 0.835. The van der Waals surface area contributed by atoms with E-state index in [1.54, 1.807) is 6.92 Å². The van der Waals surface area contributed by atoms with Crippen molar-refractivity contribution in [3.05, 3.63) is 28.8 Å². The molecule has 0 spiro atoms. The van der Waals surface area contributed by atoms with Crippen LogP contribution in [0, 0.1) is 5.82 Å². The van der Waals surface area contributed by atoms with Crippen molar-refractivity contribution in [2.24, 2.45) is 0 Å². The van der Waals surface area contributed by atoms with Crippen LogP contribution in [-0.2, 0) is 17.9 Å². The van der Waals surface area contributed by atoms with E-state index < -0.39 is 17.2 Å². The van der Waals surface area contributed by atoms with Gasteiger partial charge in [0.2, 0.25) is 0 Å². The minimum atomic E-state index is -1.14. The number of nitrogens with one attached hydrogen (secondary N) is 1. The van der Waals surface area contributed by atoms with Gasteiger partial charge in [-0.3, -0.25) is 4.98 Å². The van der Waals surface area contributed by atoms with E-state index in [0.717, 1.165) is 0 Å². The average molecular weight is 237 g/mol. The van der Waals surface area contributed by atoms with Gasteiger partial charge in [-0.1, -0.05) is 11.6 Å². The maximum Gasteiger partial charge on any atom is 0.164 e. The largest absolute Gasteiger partial charge is 0.598 e. The van der Waals surface area contributed by atoms with Gasteiger partial charge in [-0.25, -0.2) is 4.39 Å². The number of hydrogen-bond acceptors (Lipinski definition) is 3. The molecule has 1 rings (SSSR count). The Balaban J connectivity index is 2.63. The number of pyridine rings is 1. The summed E-state index contributed by atoms with van der Waals surface area (Å²) in [5.41, 5.74) is 0.180. The number of halogens is 2. The van der Waals surface area contributed by atoms with Crippen LogP contribution in [0.25, 0.3) is 0 Å². The SMILES string of the molecule is CC[S@@+]([O-])NCc1nccc(Cl)c1F. The second-order valence-electron chi connectivity index (χ2n) is 2.51. The van der Waals surface area contributed by atoms with E-state index in [1.165, 1.54) is 12.3 Å². The molecule has 3 nitrogen and oxygen atoms in total. The Kier molecular flexibility index (Phi) is 4.60. The summed E-state index contributed by atoms with van der Waals surface area (Å²) in [6.45, 7) is 1.89. The molecular weight excluding hydrogens is 227 g/mol. The van der Waals surface area contributed by atoms with Crippen molar-refractivity contribution in [2.45, 2.75) is 13.5 Å². The van der Waals surface area contributed by atoms with Crippen LogP contribution in [0.2, 0.25) is 5.02 Å². The van der Waals surface area contributed by atoms with Crippen LogP contribution < -0.4 is 4.72 Å². The summed E-state index contributed by atoms with van der Waals surface area (Å²) >= 11 is 4.40. The number of hydrogen-bond donors (Lipinski definition) is 1. The molecule has 0 amide bonds. The molecule has 78 valence electrons. The van der Waals surface area contributed by atoms with Crippen molar-refractivity contribution in [3.8, 4) is 0 Å². The summed E-state index contributed by atoms with van der Waals surface area (Å²) in [5.74, 6) is -0.0860. The second kappa shape index (κ2) is 5.50. The Labute approximate surface area is 90.0 Å². The lowest BCUT2D eigenvalue weighted by Gasteiger charge is -2.08. The van der Waals surface area contributed by atoms with Crippen LogP contribution in [0.3, 0.4) is 0 Å². The van der Waals surface area contributed by atoms with E-state index in [0.29, 0.717) is 5.75 Å². The summed E-state index contributed by atoms with van der Waals surface area (Å²) in [7, 11) is 0. The van der Waals surface area contributed by atoms with Crippen molar-refractivity contribution < 1.29 is 8.94 Å². The lowest BCUT2D eigenvalue weighted by atomic mass is 10.3. The summed E-state index contributed by atoms with van der Waals surface area (Å²) in [5, 5.41) is 0.0269. The number of nitrogens with zero attached hydrogens (tertiary/aromatic N) is 1. The molecule has 1 N–H and O–H groups in total. The predicted octanol–water partition coefficient (Wildman–Crippen LogP) is 1.65. The quantitative estimate of drug-likeness (QED) is 0.809. The van der Waals surface area contributed by atoms with Crippen LogP contribution in [-0.4, -0.2) is 15.3 Å². The van der Waals surface area contributed by atoms with Gasteiger partial charge in [0.1, 0.15) is 5.75 Å². The van der Waals surface area contributed by atoms with E-state index in [2.05, 4.69) is 9.71 Å². The van der Waals surface area contributed by atoms with Crippen molar-refractivity contribution in [3.63, 3.8) is 0 Å². The van der Waals surface area contributed by atoms with Crippen molar-refractivity contribution >= 4 is 23.0 Å². The molecule has 0 radical (unpaired) electrons. The van der Waals surface area contributed by atoms with Crippen molar-refractivity contribution in [1.29, 1.82) is 0 Å². The Hall–Kier alpha value is -0.360. The molecule has 0 fully saturated rings. The smallest absolute Gasteiger partial charge is 0.164 e. The highest BCUT2D eigenvalue weighted by Gasteiger charge is 2.10. The van der Waals surface area contributed by atoms with Gasteiger partial charge in [0.15, 0.2) is 5.82 Å². The van der Waals surface area contributed by atoms with Crippen LogP contribution in [0.5, 0.6) is 0 Å². The summed E-state index contributed by atoms with van der Waals surface area (Å²) < 4.78 is 26.8. The van der Waals surface area contributed by atoms with E-state index in [1.807, 2.05) is 0 Å². The first kappa shape index (κ1) is 11.7. The zero-order chi connectivity index (χ0) is 10.6. The molecule has 0 bridgehead atoms. The molecule has 0 aliphatic rings. The highest BCUT2D eigenvalue weighted by molar-refractivity contribution is 7.89. The Morgan fingerprint density at radius 2 is 2.43 bits per heavy atom. The number of aromatic nitrogens is 1. The molecule has 1 aromatic heterocycles. The van der Waals surface area contributed by atoms with Crippen LogP contribution in [0.4, 0.5) is 4.39 Å². The molecular formula is C8H10ClFN2OS. The lowest BCUT2D eigenvalue weighted by Crippen LogP contribution is -2.25. The molecule has 1 heterocycles. The molecule has 14 heavy (non-hydrogen) atoms. The van der Waals surface area contributed by atoms with Gasteiger partial charge in [0, 0.05) is 17.6 Å². The lowest BCUT2D eigenvalue weighted by molar-refractivity contribution is 0.569. The van der Waals surface area contributed by atoms with Crippen LogP contribution in [0.1, 0.15) is 12.6 Å². The zero-order valence-electron chi connectivity index (χ0n) is 7.59. The topological polar surface area (TPSA) is 48.0 Å². The summed E-state index contributed by atoms with van der Waals surface area (Å²) in [4.78, 5) is 3.79. The summed E-state index contributed by atoms with van der Waals surface area (Å²) in [6.07, 6.45) is 1.41. The van der Waals surface area contributed by atoms with Gasteiger partial charge in [0.05, 0.1) is 17.3 Å². The molecule has 0 aliphatic carbocycles. The number of rotatable bonds is 4. The van der Waals surface area contributed by atoms with E-state index in [4.69, 9.17) is 11.6 Å². The minimum absolute atomic E-state index is 0.0269. The van der Waals surface area contributed by atoms with E-state index >= 15 is 0 Å². The first-order valence-corrected chi connectivity index (χ1v) is 5.75. The van der Waals surface area contributed by atoms with Gasteiger partial charge in [-0.15, -0.1) is 4.72 Å². The highest BCUT2D eigenvalue weighted by Crippen LogP contribution is 2.15. The van der Waals surface area contributed by atoms with Crippen molar-refractivity contribution in [1.82, 2.24) is 9.71 Å². The fourth-order valence-corrected chi connectivity index (χ4v) is 1.50. The Morgan fingerprint density at radius 1 is 1.71 bits per heavy atom. The Bertz CT molecular complexity index is 313. The van der Waals surface area contributed by atoms with Gasteiger partial charge in [-0.05, 0) is 13.0 Å². The van der Waals surface area contributed by atoms with Crippen LogP contribution >= 0.6 is 11.6 Å².